The molecule has 9 heteroatoms. The molecule has 1 fully saturated rings. The van der Waals surface area contributed by atoms with Crippen LogP contribution in [0.3, 0.4) is 0 Å². The minimum Gasteiger partial charge on any atom is -0.441 e. The molecule has 0 atom stereocenters. The number of aromatic nitrogens is 1. The summed E-state index contributed by atoms with van der Waals surface area (Å²) in [5.41, 5.74) is 6.46. The molecular weight excluding hydrogens is 367 g/mol. The zero-order valence-corrected chi connectivity index (χ0v) is 16.0. The lowest BCUT2D eigenvalue weighted by Crippen LogP contribution is -2.17. The molecule has 1 aliphatic rings. The monoisotopic (exact) mass is 388 g/mol. The molecule has 1 saturated carbocycles. The highest BCUT2D eigenvalue weighted by Gasteiger charge is 2.30. The smallest absolute Gasteiger partial charge is 0.252 e. The van der Waals surface area contributed by atoms with Crippen LogP contribution in [0.2, 0.25) is 0 Å². The number of para-hydroxylation sites is 2. The highest BCUT2D eigenvalue weighted by atomic mass is 31.2. The van der Waals surface area contributed by atoms with Gasteiger partial charge in [-0.2, -0.15) is 0 Å². The maximum atomic E-state index is 12.0. The van der Waals surface area contributed by atoms with Crippen molar-refractivity contribution in [3.8, 4) is 5.75 Å². The second kappa shape index (κ2) is 7.40. The van der Waals surface area contributed by atoms with Crippen molar-refractivity contribution < 1.29 is 18.7 Å². The van der Waals surface area contributed by atoms with Crippen LogP contribution in [0.5, 0.6) is 5.75 Å². The number of nitrogens with two attached hydrogens (primary N) is 1. The van der Waals surface area contributed by atoms with Gasteiger partial charge in [0.15, 0.2) is 0 Å². The van der Waals surface area contributed by atoms with E-state index in [1.807, 2.05) is 0 Å². The standard InChI is InChI=1S/C18H21N4O4P/c1-27(2,25)26-15-6-4-3-5-13(15)21-14-9-16(20-10-12(14)17(19)23)22-18(24)11-7-8-11/h3-6,9-11H,7-8H2,1-2H3,(H2,19,23)(H2,20,21,22,24). The first-order chi connectivity index (χ1) is 12.7. The van der Waals surface area contributed by atoms with E-state index in [1.54, 1.807) is 24.3 Å². The number of rotatable bonds is 7. The highest BCUT2D eigenvalue weighted by molar-refractivity contribution is 7.57. The van der Waals surface area contributed by atoms with Crippen molar-refractivity contribution >= 4 is 36.4 Å². The number of hydrogen-bond donors (Lipinski definition) is 3. The van der Waals surface area contributed by atoms with E-state index < -0.39 is 13.3 Å². The number of primary amides is 1. The molecule has 0 unspecified atom stereocenters. The van der Waals surface area contributed by atoms with E-state index in [4.69, 9.17) is 10.3 Å². The van der Waals surface area contributed by atoms with Crippen molar-refractivity contribution in [2.75, 3.05) is 24.0 Å². The predicted molar refractivity (Wildman–Crippen MR) is 104 cm³/mol. The minimum atomic E-state index is -2.78. The van der Waals surface area contributed by atoms with E-state index in [2.05, 4.69) is 15.6 Å². The molecule has 4 N–H and O–H groups in total. The van der Waals surface area contributed by atoms with Gasteiger partial charge in [0, 0.05) is 31.5 Å². The number of nitrogens with one attached hydrogen (secondary N) is 2. The van der Waals surface area contributed by atoms with E-state index in [9.17, 15) is 14.2 Å². The van der Waals surface area contributed by atoms with Crippen LogP contribution in [0.1, 0.15) is 23.2 Å². The van der Waals surface area contributed by atoms with Crippen molar-refractivity contribution in [2.24, 2.45) is 11.7 Å². The topological polar surface area (TPSA) is 123 Å². The third-order valence-electron chi connectivity index (χ3n) is 3.84. The summed E-state index contributed by atoms with van der Waals surface area (Å²) in [7, 11) is -2.78. The molecule has 1 aromatic heterocycles. The Morgan fingerprint density at radius 2 is 1.93 bits per heavy atom. The van der Waals surface area contributed by atoms with Crippen LogP contribution >= 0.6 is 7.37 Å². The zero-order chi connectivity index (χ0) is 19.6. The maximum Gasteiger partial charge on any atom is 0.252 e. The Bertz CT molecular complexity index is 937. The van der Waals surface area contributed by atoms with Gasteiger partial charge in [-0.3, -0.25) is 14.2 Å². The Hall–Kier alpha value is -2.86. The van der Waals surface area contributed by atoms with Crippen molar-refractivity contribution in [1.29, 1.82) is 0 Å². The number of carbonyl (C=O) groups excluding carboxylic acids is 2. The number of pyridine rings is 1. The molecule has 3 rings (SSSR count). The summed E-state index contributed by atoms with van der Waals surface area (Å²) in [6, 6.07) is 8.45. The summed E-state index contributed by atoms with van der Waals surface area (Å²) in [4.78, 5) is 27.8. The fourth-order valence-corrected chi connectivity index (χ4v) is 3.06. The number of carbonyl (C=O) groups is 2. The second-order valence-electron chi connectivity index (χ2n) is 6.71. The fourth-order valence-electron chi connectivity index (χ4n) is 2.43. The average Bonchev–Trinajstić information content (AvgIpc) is 3.40. The molecule has 2 aromatic rings. The third-order valence-corrected chi connectivity index (χ3v) is 4.48. The lowest BCUT2D eigenvalue weighted by molar-refractivity contribution is -0.117. The SMILES string of the molecule is CP(C)(=O)Oc1ccccc1Nc1cc(NC(=O)C2CC2)ncc1C(N)=O. The Labute approximate surface area is 157 Å². The van der Waals surface area contributed by atoms with Crippen LogP contribution in [0.25, 0.3) is 0 Å². The quantitative estimate of drug-likeness (QED) is 0.626. The van der Waals surface area contributed by atoms with Gasteiger partial charge in [-0.15, -0.1) is 0 Å². The van der Waals surface area contributed by atoms with Gasteiger partial charge in [0.1, 0.15) is 11.6 Å². The Kier molecular flexibility index (Phi) is 5.19. The van der Waals surface area contributed by atoms with Gasteiger partial charge < -0.3 is 20.9 Å². The summed E-state index contributed by atoms with van der Waals surface area (Å²) in [5, 5.41) is 5.80. The van der Waals surface area contributed by atoms with Crippen LogP contribution in [-0.2, 0) is 9.36 Å². The lowest BCUT2D eigenvalue weighted by atomic mass is 10.2. The predicted octanol–water partition coefficient (Wildman–Crippen LogP) is 3.19. The van der Waals surface area contributed by atoms with Crippen LogP contribution in [-0.4, -0.2) is 30.1 Å². The number of benzene rings is 1. The van der Waals surface area contributed by atoms with E-state index in [0.29, 0.717) is 22.9 Å². The molecule has 8 nitrogen and oxygen atoms in total. The molecule has 142 valence electrons. The molecule has 0 saturated heterocycles. The number of hydrogen-bond acceptors (Lipinski definition) is 6. The fraction of sp³-hybridized carbons (Fsp3) is 0.278. The Morgan fingerprint density at radius 3 is 2.56 bits per heavy atom. The summed E-state index contributed by atoms with van der Waals surface area (Å²) in [6.45, 7) is 3.02. The largest absolute Gasteiger partial charge is 0.441 e. The van der Waals surface area contributed by atoms with E-state index in [1.165, 1.54) is 25.6 Å². The molecule has 0 aliphatic heterocycles. The summed E-state index contributed by atoms with van der Waals surface area (Å²) < 4.78 is 17.6. The molecule has 0 spiro atoms. The van der Waals surface area contributed by atoms with Crippen molar-refractivity contribution in [2.45, 2.75) is 12.8 Å². The number of anilines is 3. The maximum absolute atomic E-state index is 12.0. The third kappa shape index (κ3) is 5.08. The first kappa shape index (κ1) is 18.9. The van der Waals surface area contributed by atoms with Gasteiger partial charge in [-0.25, -0.2) is 4.98 Å². The summed E-state index contributed by atoms with van der Waals surface area (Å²) >= 11 is 0. The number of nitrogens with zero attached hydrogens (tertiary/aromatic N) is 1. The normalized spacial score (nSPS) is 13.7. The van der Waals surface area contributed by atoms with Crippen molar-refractivity contribution in [3.63, 3.8) is 0 Å². The van der Waals surface area contributed by atoms with Gasteiger partial charge in [0.05, 0.1) is 16.9 Å². The van der Waals surface area contributed by atoms with Gasteiger partial charge in [-0.05, 0) is 25.0 Å². The Balaban J connectivity index is 1.91. The molecule has 0 bridgehead atoms. The average molecular weight is 388 g/mol. The van der Waals surface area contributed by atoms with E-state index >= 15 is 0 Å². The van der Waals surface area contributed by atoms with Gasteiger partial charge >= 0.3 is 0 Å². The van der Waals surface area contributed by atoms with Crippen LogP contribution in [0.15, 0.2) is 36.5 Å². The molecule has 1 aliphatic carbocycles. The number of amides is 2. The van der Waals surface area contributed by atoms with Gasteiger partial charge in [-0.1, -0.05) is 12.1 Å². The summed E-state index contributed by atoms with van der Waals surface area (Å²) in [5.74, 6) is -0.0467. The first-order valence-electron chi connectivity index (χ1n) is 8.44. The molecule has 27 heavy (non-hydrogen) atoms. The minimum absolute atomic E-state index is 0.0244. The van der Waals surface area contributed by atoms with Crippen molar-refractivity contribution in [3.05, 3.63) is 42.1 Å². The van der Waals surface area contributed by atoms with Gasteiger partial charge in [0.2, 0.25) is 13.3 Å². The van der Waals surface area contributed by atoms with Gasteiger partial charge in [0.25, 0.3) is 5.91 Å². The molecule has 2 amide bonds. The summed E-state index contributed by atoms with van der Waals surface area (Å²) in [6.07, 6.45) is 3.05. The second-order valence-corrected chi connectivity index (χ2v) is 9.39. The van der Waals surface area contributed by atoms with E-state index in [-0.39, 0.29) is 17.4 Å². The highest BCUT2D eigenvalue weighted by Crippen LogP contribution is 2.42. The first-order valence-corrected chi connectivity index (χ1v) is 11.0. The molecule has 0 radical (unpaired) electrons. The van der Waals surface area contributed by atoms with Crippen LogP contribution in [0.4, 0.5) is 17.2 Å². The molecule has 1 aromatic carbocycles. The van der Waals surface area contributed by atoms with Crippen molar-refractivity contribution in [1.82, 2.24) is 4.98 Å². The van der Waals surface area contributed by atoms with E-state index in [0.717, 1.165) is 12.8 Å². The molecular formula is C18H21N4O4P. The lowest BCUT2D eigenvalue weighted by Gasteiger charge is -2.17. The Morgan fingerprint density at radius 1 is 1.22 bits per heavy atom. The van der Waals surface area contributed by atoms with Crippen LogP contribution < -0.4 is 20.9 Å². The van der Waals surface area contributed by atoms with Crippen LogP contribution in [0, 0.1) is 5.92 Å². The zero-order valence-electron chi connectivity index (χ0n) is 15.1. The molecule has 1 heterocycles.